The van der Waals surface area contributed by atoms with Crippen LogP contribution in [0.4, 0.5) is 0 Å². The molecule has 22 heavy (non-hydrogen) atoms. The molecule has 1 atom stereocenters. The summed E-state index contributed by atoms with van der Waals surface area (Å²) in [5.41, 5.74) is 2.00. The number of aryl methyl sites for hydroxylation is 1. The number of nitrogens with zero attached hydrogens (tertiary/aromatic N) is 2. The lowest BCUT2D eigenvalue weighted by molar-refractivity contribution is 0.0674. The number of amides is 1. The molecule has 0 aliphatic carbocycles. The molecule has 0 N–H and O–H groups in total. The first-order valence-electron chi connectivity index (χ1n) is 7.84. The van der Waals surface area contributed by atoms with Crippen molar-refractivity contribution in [2.75, 3.05) is 6.54 Å². The fourth-order valence-electron chi connectivity index (χ4n) is 3.24. The number of hydrogen-bond acceptors (Lipinski definition) is 1. The van der Waals surface area contributed by atoms with Gasteiger partial charge in [-0.25, -0.2) is 0 Å². The maximum Gasteiger partial charge on any atom is 0.254 e. The molecule has 1 saturated heterocycles. The summed E-state index contributed by atoms with van der Waals surface area (Å²) in [6.45, 7) is 0.838. The number of hydrogen-bond donors (Lipinski definition) is 0. The Balaban J connectivity index is 1.92. The number of likely N-dealkylation sites (tertiary alicyclic amines) is 1. The highest BCUT2D eigenvalue weighted by Gasteiger charge is 2.28. The van der Waals surface area contributed by atoms with Crippen LogP contribution in [0, 0.1) is 0 Å². The fraction of sp³-hybridized carbons (Fsp3) is 0.389. The van der Waals surface area contributed by atoms with Crippen molar-refractivity contribution < 1.29 is 4.79 Å². The standard InChI is InChI=1S/C18H21BrN2O/c1-20-12-5-7-16(20)17-6-3-2-4-13-21(17)18(22)14-8-10-15(19)11-9-14/h5,7-12,17H,2-4,6,13H2,1H3/t17-/m1/s1. The first-order valence-corrected chi connectivity index (χ1v) is 8.64. The maximum atomic E-state index is 13.0. The summed E-state index contributed by atoms with van der Waals surface area (Å²) in [4.78, 5) is 15.0. The Morgan fingerprint density at radius 2 is 1.91 bits per heavy atom. The molecule has 1 aliphatic rings. The van der Waals surface area contributed by atoms with Crippen LogP contribution in [0.2, 0.25) is 0 Å². The van der Waals surface area contributed by atoms with E-state index in [9.17, 15) is 4.79 Å². The van der Waals surface area contributed by atoms with Gasteiger partial charge in [0, 0.05) is 35.5 Å². The predicted molar refractivity (Wildman–Crippen MR) is 91.8 cm³/mol. The minimum absolute atomic E-state index is 0.139. The van der Waals surface area contributed by atoms with Crippen LogP contribution in [-0.4, -0.2) is 21.9 Å². The van der Waals surface area contributed by atoms with Crippen LogP contribution in [0.15, 0.2) is 47.1 Å². The minimum atomic E-state index is 0.139. The van der Waals surface area contributed by atoms with Gasteiger partial charge in [0.25, 0.3) is 5.91 Å². The van der Waals surface area contributed by atoms with E-state index < -0.39 is 0 Å². The Kier molecular flexibility index (Phi) is 4.67. The van der Waals surface area contributed by atoms with E-state index >= 15 is 0 Å². The van der Waals surface area contributed by atoms with Gasteiger partial charge in [0.1, 0.15) is 0 Å². The molecule has 2 aromatic rings. The molecule has 3 rings (SSSR count). The molecular weight excluding hydrogens is 340 g/mol. The maximum absolute atomic E-state index is 13.0. The first-order chi connectivity index (χ1) is 10.7. The van der Waals surface area contributed by atoms with Crippen LogP contribution in [0.3, 0.4) is 0 Å². The Bertz CT molecular complexity index is 647. The Labute approximate surface area is 140 Å². The van der Waals surface area contributed by atoms with Crippen molar-refractivity contribution in [3.63, 3.8) is 0 Å². The van der Waals surface area contributed by atoms with E-state index in [0.717, 1.165) is 29.4 Å². The van der Waals surface area contributed by atoms with Crippen LogP contribution in [-0.2, 0) is 7.05 Å². The average molecular weight is 361 g/mol. The van der Waals surface area contributed by atoms with Crippen LogP contribution in [0.1, 0.15) is 47.8 Å². The van der Waals surface area contributed by atoms with Crippen LogP contribution < -0.4 is 0 Å². The van der Waals surface area contributed by atoms with Crippen molar-refractivity contribution >= 4 is 21.8 Å². The van der Waals surface area contributed by atoms with Gasteiger partial charge in [-0.05, 0) is 49.2 Å². The van der Waals surface area contributed by atoms with E-state index in [-0.39, 0.29) is 11.9 Å². The SMILES string of the molecule is Cn1cccc1[C@H]1CCCCCN1C(=O)c1ccc(Br)cc1. The van der Waals surface area contributed by atoms with Crippen molar-refractivity contribution in [1.29, 1.82) is 0 Å². The highest BCUT2D eigenvalue weighted by atomic mass is 79.9. The monoisotopic (exact) mass is 360 g/mol. The molecule has 116 valence electrons. The summed E-state index contributed by atoms with van der Waals surface area (Å²) in [7, 11) is 2.06. The summed E-state index contributed by atoms with van der Waals surface area (Å²) >= 11 is 3.43. The first kappa shape index (κ1) is 15.3. The quantitative estimate of drug-likeness (QED) is 0.771. The highest BCUT2D eigenvalue weighted by molar-refractivity contribution is 9.10. The van der Waals surface area contributed by atoms with Gasteiger partial charge in [-0.15, -0.1) is 0 Å². The lowest BCUT2D eigenvalue weighted by Gasteiger charge is -2.30. The molecule has 1 aromatic carbocycles. The Morgan fingerprint density at radius 3 is 2.59 bits per heavy atom. The van der Waals surface area contributed by atoms with Crippen LogP contribution >= 0.6 is 15.9 Å². The summed E-state index contributed by atoms with van der Waals surface area (Å²) in [5.74, 6) is 0.139. The average Bonchev–Trinajstić information content (AvgIpc) is 2.80. The zero-order chi connectivity index (χ0) is 15.5. The van der Waals surface area contributed by atoms with Crippen LogP contribution in [0.25, 0.3) is 0 Å². The molecule has 0 saturated carbocycles. The number of carbonyl (C=O) groups excluding carboxylic acids is 1. The molecule has 0 radical (unpaired) electrons. The van der Waals surface area contributed by atoms with E-state index in [4.69, 9.17) is 0 Å². The molecule has 0 unspecified atom stereocenters. The summed E-state index contributed by atoms with van der Waals surface area (Å²) in [5, 5.41) is 0. The molecule has 1 amide bonds. The van der Waals surface area contributed by atoms with Gasteiger partial charge in [0.2, 0.25) is 0 Å². The van der Waals surface area contributed by atoms with Crippen LogP contribution in [0.5, 0.6) is 0 Å². The third-order valence-electron chi connectivity index (χ3n) is 4.43. The molecular formula is C18H21BrN2O. The number of halogens is 1. The molecule has 1 fully saturated rings. The lowest BCUT2D eigenvalue weighted by Crippen LogP contribution is -2.35. The fourth-order valence-corrected chi connectivity index (χ4v) is 3.50. The number of aromatic nitrogens is 1. The summed E-state index contributed by atoms with van der Waals surface area (Å²) < 4.78 is 3.14. The van der Waals surface area contributed by atoms with Crippen molar-refractivity contribution in [1.82, 2.24) is 9.47 Å². The van der Waals surface area contributed by atoms with Crippen molar-refractivity contribution in [3.8, 4) is 0 Å². The van der Waals surface area contributed by atoms with Gasteiger partial charge >= 0.3 is 0 Å². The summed E-state index contributed by atoms with van der Waals surface area (Å²) in [6.07, 6.45) is 6.57. The molecule has 3 nitrogen and oxygen atoms in total. The van der Waals surface area contributed by atoms with Crippen molar-refractivity contribution in [2.24, 2.45) is 7.05 Å². The summed E-state index contributed by atoms with van der Waals surface area (Å²) in [6, 6.07) is 12.0. The predicted octanol–water partition coefficient (Wildman–Crippen LogP) is 4.55. The zero-order valence-corrected chi connectivity index (χ0v) is 14.4. The normalized spacial score (nSPS) is 19.0. The van der Waals surface area contributed by atoms with Gasteiger partial charge in [-0.3, -0.25) is 4.79 Å². The molecule has 1 aromatic heterocycles. The second-order valence-electron chi connectivity index (χ2n) is 5.91. The van der Waals surface area contributed by atoms with Gasteiger partial charge in [0.05, 0.1) is 6.04 Å². The minimum Gasteiger partial charge on any atom is -0.353 e. The van der Waals surface area contributed by atoms with E-state index in [2.05, 4.69) is 50.8 Å². The van der Waals surface area contributed by atoms with E-state index in [1.165, 1.54) is 18.5 Å². The van der Waals surface area contributed by atoms with Gasteiger partial charge in [-0.1, -0.05) is 28.8 Å². The highest BCUT2D eigenvalue weighted by Crippen LogP contribution is 2.31. The number of benzene rings is 1. The second kappa shape index (κ2) is 6.69. The van der Waals surface area contributed by atoms with E-state index in [1.54, 1.807) is 0 Å². The third kappa shape index (κ3) is 3.12. The molecule has 1 aliphatic heterocycles. The third-order valence-corrected chi connectivity index (χ3v) is 4.96. The Hall–Kier alpha value is -1.55. The molecule has 2 heterocycles. The second-order valence-corrected chi connectivity index (χ2v) is 6.83. The lowest BCUT2D eigenvalue weighted by atomic mass is 10.1. The van der Waals surface area contributed by atoms with Crippen molar-refractivity contribution in [3.05, 3.63) is 58.3 Å². The molecule has 0 spiro atoms. The topological polar surface area (TPSA) is 25.2 Å². The van der Waals surface area contributed by atoms with E-state index in [0.29, 0.717) is 0 Å². The molecule has 4 heteroatoms. The van der Waals surface area contributed by atoms with Crippen molar-refractivity contribution in [2.45, 2.75) is 31.7 Å². The largest absolute Gasteiger partial charge is 0.353 e. The van der Waals surface area contributed by atoms with E-state index in [1.807, 2.05) is 24.3 Å². The van der Waals surface area contributed by atoms with Gasteiger partial charge in [-0.2, -0.15) is 0 Å². The number of carbonyl (C=O) groups is 1. The zero-order valence-electron chi connectivity index (χ0n) is 12.8. The molecule has 0 bridgehead atoms. The Morgan fingerprint density at radius 1 is 1.14 bits per heavy atom. The van der Waals surface area contributed by atoms with Gasteiger partial charge in [0.15, 0.2) is 0 Å². The number of rotatable bonds is 2. The smallest absolute Gasteiger partial charge is 0.254 e. The van der Waals surface area contributed by atoms with Gasteiger partial charge < -0.3 is 9.47 Å².